The minimum absolute atomic E-state index is 0.0282. The molecule has 4 fully saturated rings. The Bertz CT molecular complexity index is 907. The van der Waals surface area contributed by atoms with E-state index in [2.05, 4.69) is 46.3 Å². The molecule has 37 heavy (non-hydrogen) atoms. The van der Waals surface area contributed by atoms with Crippen LogP contribution >= 0.6 is 0 Å². The molecule has 5 rings (SSSR count). The fraction of sp³-hybridized carbons (Fsp3) is 0.724. The lowest BCUT2D eigenvalue weighted by atomic mass is 9.91. The molecule has 2 unspecified atom stereocenters. The van der Waals surface area contributed by atoms with Crippen molar-refractivity contribution in [3.05, 3.63) is 35.4 Å². The number of ether oxygens (including phenoxy) is 1. The van der Waals surface area contributed by atoms with E-state index < -0.39 is 0 Å². The van der Waals surface area contributed by atoms with Crippen molar-refractivity contribution in [2.24, 2.45) is 11.7 Å². The molecule has 8 nitrogen and oxygen atoms in total. The van der Waals surface area contributed by atoms with Crippen LogP contribution in [-0.2, 0) is 20.9 Å². The molecule has 1 aromatic carbocycles. The number of nitrogens with two attached hydrogens (primary N) is 1. The second-order valence-electron chi connectivity index (χ2n) is 11.7. The molecule has 8 heteroatoms. The van der Waals surface area contributed by atoms with Gasteiger partial charge in [0.2, 0.25) is 11.8 Å². The Morgan fingerprint density at radius 2 is 1.76 bits per heavy atom. The summed E-state index contributed by atoms with van der Waals surface area (Å²) in [7, 11) is 0. The number of nitrogens with one attached hydrogen (secondary N) is 1. The van der Waals surface area contributed by atoms with Crippen LogP contribution in [0.25, 0.3) is 0 Å². The Labute approximate surface area is 221 Å². The first-order chi connectivity index (χ1) is 18.0. The number of rotatable bonds is 9. The molecule has 4 aliphatic rings. The minimum atomic E-state index is -0.377. The average Bonchev–Trinajstić information content (AvgIpc) is 3.67. The van der Waals surface area contributed by atoms with Crippen LogP contribution in [0.5, 0.6) is 0 Å². The van der Waals surface area contributed by atoms with Gasteiger partial charge in [0.25, 0.3) is 0 Å². The van der Waals surface area contributed by atoms with Gasteiger partial charge >= 0.3 is 0 Å². The number of carbonyl (C=O) groups excluding carboxylic acids is 2. The highest BCUT2D eigenvalue weighted by molar-refractivity contribution is 5.90. The van der Waals surface area contributed by atoms with Gasteiger partial charge in [-0.15, -0.1) is 0 Å². The van der Waals surface area contributed by atoms with Crippen LogP contribution in [-0.4, -0.2) is 96.6 Å². The molecular formula is C29H45N5O3. The van der Waals surface area contributed by atoms with Crippen molar-refractivity contribution in [2.75, 3.05) is 45.9 Å². The van der Waals surface area contributed by atoms with Crippen LogP contribution in [0.15, 0.2) is 24.3 Å². The lowest BCUT2D eigenvalue weighted by Crippen LogP contribution is -2.50. The van der Waals surface area contributed by atoms with Crippen molar-refractivity contribution >= 4 is 11.8 Å². The number of benzene rings is 1. The second kappa shape index (κ2) is 12.2. The van der Waals surface area contributed by atoms with Crippen LogP contribution in [0.2, 0.25) is 0 Å². The number of carbonyl (C=O) groups is 2. The molecule has 2 saturated heterocycles. The summed E-state index contributed by atoms with van der Waals surface area (Å²) < 4.78 is 5.54. The maximum absolute atomic E-state index is 13.5. The maximum Gasteiger partial charge on any atom is 0.243 e. The molecule has 2 amide bonds. The second-order valence-corrected chi connectivity index (χ2v) is 11.7. The Hall–Kier alpha value is -2.00. The third-order valence-electron chi connectivity index (χ3n) is 8.74. The van der Waals surface area contributed by atoms with E-state index in [-0.39, 0.29) is 41.9 Å². The van der Waals surface area contributed by atoms with Gasteiger partial charge < -0.3 is 20.7 Å². The average molecular weight is 512 g/mol. The summed E-state index contributed by atoms with van der Waals surface area (Å²) in [6.07, 6.45) is 6.38. The Kier molecular flexibility index (Phi) is 8.80. The van der Waals surface area contributed by atoms with E-state index in [9.17, 15) is 9.59 Å². The first-order valence-electron chi connectivity index (χ1n) is 14.4. The summed E-state index contributed by atoms with van der Waals surface area (Å²) in [6, 6.07) is 8.96. The zero-order valence-corrected chi connectivity index (χ0v) is 22.4. The minimum Gasteiger partial charge on any atom is -0.379 e. The highest BCUT2D eigenvalue weighted by Crippen LogP contribution is 2.35. The predicted molar refractivity (Wildman–Crippen MR) is 144 cm³/mol. The summed E-state index contributed by atoms with van der Waals surface area (Å²) in [4.78, 5) is 33.8. The Morgan fingerprint density at radius 1 is 1.05 bits per heavy atom. The smallest absolute Gasteiger partial charge is 0.243 e. The van der Waals surface area contributed by atoms with Crippen LogP contribution in [0.1, 0.15) is 56.1 Å². The normalized spacial score (nSPS) is 29.0. The lowest BCUT2D eigenvalue weighted by Gasteiger charge is -2.33. The first kappa shape index (κ1) is 26.6. The molecule has 2 atom stereocenters. The molecule has 0 bridgehead atoms. The van der Waals surface area contributed by atoms with Gasteiger partial charge in [0.15, 0.2) is 0 Å². The third kappa shape index (κ3) is 7.11. The predicted octanol–water partition coefficient (Wildman–Crippen LogP) is 1.89. The molecule has 2 heterocycles. The molecule has 204 valence electrons. The lowest BCUT2D eigenvalue weighted by molar-refractivity contribution is -0.139. The van der Waals surface area contributed by atoms with Crippen molar-refractivity contribution in [3.63, 3.8) is 0 Å². The number of morpholine rings is 1. The van der Waals surface area contributed by atoms with Crippen LogP contribution in [0.4, 0.5) is 0 Å². The fourth-order valence-corrected chi connectivity index (χ4v) is 6.11. The molecule has 2 aliphatic heterocycles. The molecule has 0 spiro atoms. The molecule has 2 aliphatic carbocycles. The highest BCUT2D eigenvalue weighted by atomic mass is 16.5. The van der Waals surface area contributed by atoms with Gasteiger partial charge in [-0.25, -0.2) is 0 Å². The molecule has 1 aromatic rings. The number of aryl methyl sites for hydroxylation is 1. The molecule has 0 radical (unpaired) electrons. The van der Waals surface area contributed by atoms with Crippen LogP contribution in [0.3, 0.4) is 0 Å². The van der Waals surface area contributed by atoms with Crippen molar-refractivity contribution in [1.29, 1.82) is 0 Å². The number of nitrogens with zero attached hydrogens (tertiary/aromatic N) is 3. The summed E-state index contributed by atoms with van der Waals surface area (Å²) in [5.41, 5.74) is 8.61. The van der Waals surface area contributed by atoms with E-state index in [1.807, 2.05) is 4.90 Å². The topological polar surface area (TPSA) is 91.1 Å². The number of hydrogen-bond acceptors (Lipinski definition) is 6. The van der Waals surface area contributed by atoms with Gasteiger partial charge in [-0.3, -0.25) is 19.4 Å². The molecule has 3 N–H and O–H groups in total. The Morgan fingerprint density at radius 3 is 2.43 bits per heavy atom. The summed E-state index contributed by atoms with van der Waals surface area (Å²) in [5.74, 6) is 0.317. The monoisotopic (exact) mass is 511 g/mol. The summed E-state index contributed by atoms with van der Waals surface area (Å²) in [5, 5.41) is 3.30. The maximum atomic E-state index is 13.5. The number of hydrogen-bond donors (Lipinski definition) is 2. The molecule has 0 aromatic heterocycles. The Balaban J connectivity index is 1.29. The quantitative estimate of drug-likeness (QED) is 0.526. The van der Waals surface area contributed by atoms with E-state index in [1.165, 1.54) is 11.1 Å². The standard InChI is InChI=1S/C29H45N5O3/c1-21-2-4-22(5-3-21)19-33(13-12-32-14-16-37-17-15-32)26-18-27(34(20-26)29(36)23-6-7-23)28(35)31-25-10-8-24(30)9-11-25/h2-5,23-27H,6-20,30H2,1H3,(H,31,35). The van der Waals surface area contributed by atoms with Gasteiger partial charge in [0, 0.05) is 63.3 Å². The van der Waals surface area contributed by atoms with Gasteiger partial charge in [-0.2, -0.15) is 0 Å². The SMILES string of the molecule is Cc1ccc(CN(CCN2CCOCC2)C2CC(C(=O)NC3CCC(N)CC3)N(C(=O)C3CC3)C2)cc1. The van der Waals surface area contributed by atoms with Gasteiger partial charge in [0.1, 0.15) is 6.04 Å². The molecular weight excluding hydrogens is 466 g/mol. The van der Waals surface area contributed by atoms with E-state index in [1.54, 1.807) is 0 Å². The van der Waals surface area contributed by atoms with Crippen LogP contribution < -0.4 is 11.1 Å². The van der Waals surface area contributed by atoms with Gasteiger partial charge in [-0.1, -0.05) is 29.8 Å². The largest absolute Gasteiger partial charge is 0.379 e. The highest BCUT2D eigenvalue weighted by Gasteiger charge is 2.46. The summed E-state index contributed by atoms with van der Waals surface area (Å²) in [6.45, 7) is 8.98. The van der Waals surface area contributed by atoms with Crippen LogP contribution in [0, 0.1) is 12.8 Å². The number of likely N-dealkylation sites (tertiary alicyclic amines) is 1. The van der Waals surface area contributed by atoms with Crippen molar-refractivity contribution in [3.8, 4) is 0 Å². The first-order valence-corrected chi connectivity index (χ1v) is 14.4. The fourth-order valence-electron chi connectivity index (χ4n) is 6.11. The molecule has 2 saturated carbocycles. The van der Waals surface area contributed by atoms with E-state index >= 15 is 0 Å². The zero-order chi connectivity index (χ0) is 25.8. The zero-order valence-electron chi connectivity index (χ0n) is 22.4. The number of amides is 2. The van der Waals surface area contributed by atoms with Gasteiger partial charge in [0.05, 0.1) is 13.2 Å². The van der Waals surface area contributed by atoms with E-state index in [0.717, 1.165) is 84.5 Å². The van der Waals surface area contributed by atoms with Crippen molar-refractivity contribution in [2.45, 2.75) is 82.6 Å². The third-order valence-corrected chi connectivity index (χ3v) is 8.74. The van der Waals surface area contributed by atoms with Crippen molar-refractivity contribution < 1.29 is 14.3 Å². The summed E-state index contributed by atoms with van der Waals surface area (Å²) >= 11 is 0. The van der Waals surface area contributed by atoms with E-state index in [4.69, 9.17) is 10.5 Å². The van der Waals surface area contributed by atoms with Gasteiger partial charge in [-0.05, 0) is 57.4 Å². The van der Waals surface area contributed by atoms with E-state index in [0.29, 0.717) is 13.0 Å². The van der Waals surface area contributed by atoms with Crippen molar-refractivity contribution in [1.82, 2.24) is 20.0 Å².